The Bertz CT molecular complexity index is 475. The molecule has 1 N–H and O–H groups in total. The Hall–Kier alpha value is -0.630. The third-order valence-electron chi connectivity index (χ3n) is 1.81. The van der Waals surface area contributed by atoms with E-state index in [-0.39, 0.29) is 11.5 Å². The molecule has 0 fully saturated rings. The fourth-order valence-electron chi connectivity index (χ4n) is 1.15. The first-order valence-electron chi connectivity index (χ1n) is 5.07. The molecule has 0 spiro atoms. The number of rotatable bonds is 6. The molecular weight excluding hydrogens is 310 g/mol. The molecular formula is C10H14BrNO4S. The average molecular weight is 324 g/mol. The van der Waals surface area contributed by atoms with E-state index in [0.717, 1.165) is 0 Å². The van der Waals surface area contributed by atoms with Crippen LogP contribution in [0.2, 0.25) is 0 Å². The monoisotopic (exact) mass is 323 g/mol. The molecule has 0 amide bonds. The van der Waals surface area contributed by atoms with E-state index in [1.54, 1.807) is 26.0 Å². The van der Waals surface area contributed by atoms with Crippen LogP contribution in [-0.2, 0) is 14.9 Å². The van der Waals surface area contributed by atoms with Crippen LogP contribution in [-0.4, -0.2) is 21.6 Å². The zero-order valence-electron chi connectivity index (χ0n) is 9.57. The molecule has 0 aliphatic rings. The lowest BCUT2D eigenvalue weighted by Gasteiger charge is -2.11. The van der Waals surface area contributed by atoms with Gasteiger partial charge in [-0.2, -0.15) is 0 Å². The Balaban J connectivity index is 3.13. The molecule has 1 rings (SSSR count). The number of nitrogens with one attached hydrogen (secondary N) is 1. The Labute approximate surface area is 109 Å². The van der Waals surface area contributed by atoms with Crippen molar-refractivity contribution in [3.8, 4) is 5.75 Å². The number of ether oxygens (including phenoxy) is 1. The van der Waals surface area contributed by atoms with Gasteiger partial charge in [0.15, 0.2) is 0 Å². The van der Waals surface area contributed by atoms with Crippen LogP contribution in [0.5, 0.6) is 5.75 Å². The van der Waals surface area contributed by atoms with E-state index < -0.39 is 10.0 Å². The summed E-state index contributed by atoms with van der Waals surface area (Å²) in [4.78, 5) is 6.78. The van der Waals surface area contributed by atoms with Crippen molar-refractivity contribution >= 4 is 26.0 Å². The Morgan fingerprint density at radius 1 is 1.29 bits per heavy atom. The molecule has 1 aromatic carbocycles. The molecule has 0 aromatic heterocycles. The predicted octanol–water partition coefficient (Wildman–Crippen LogP) is 2.08. The highest BCUT2D eigenvalue weighted by molar-refractivity contribution is 9.10. The lowest BCUT2D eigenvalue weighted by Crippen LogP contribution is -2.24. The second-order valence-electron chi connectivity index (χ2n) is 3.04. The maximum Gasteiger partial charge on any atom is 0.266 e. The first-order valence-corrected chi connectivity index (χ1v) is 7.34. The van der Waals surface area contributed by atoms with Crippen molar-refractivity contribution in [2.24, 2.45) is 0 Å². The quantitative estimate of drug-likeness (QED) is 0.814. The second-order valence-corrected chi connectivity index (χ2v) is 5.57. The molecule has 0 heterocycles. The van der Waals surface area contributed by atoms with Gasteiger partial charge in [0.1, 0.15) is 10.6 Å². The minimum atomic E-state index is -3.72. The lowest BCUT2D eigenvalue weighted by atomic mass is 10.3. The molecule has 0 atom stereocenters. The third-order valence-corrected chi connectivity index (χ3v) is 3.54. The number of hydrogen-bond acceptors (Lipinski definition) is 4. The van der Waals surface area contributed by atoms with Gasteiger partial charge in [-0.15, -0.1) is 0 Å². The highest BCUT2D eigenvalue weighted by atomic mass is 79.9. The minimum absolute atomic E-state index is 0.0437. The molecule has 96 valence electrons. The predicted molar refractivity (Wildman–Crippen MR) is 67.3 cm³/mol. The van der Waals surface area contributed by atoms with Gasteiger partial charge in [-0.3, -0.25) is 4.84 Å². The summed E-state index contributed by atoms with van der Waals surface area (Å²) >= 11 is 3.22. The first-order chi connectivity index (χ1) is 8.01. The van der Waals surface area contributed by atoms with Crippen LogP contribution < -0.4 is 9.62 Å². The normalized spacial score (nSPS) is 11.5. The van der Waals surface area contributed by atoms with Gasteiger partial charge in [0.05, 0.1) is 13.2 Å². The number of halogens is 1. The third kappa shape index (κ3) is 3.95. The molecule has 0 aliphatic heterocycles. The number of hydrogen-bond donors (Lipinski definition) is 1. The van der Waals surface area contributed by atoms with Crippen molar-refractivity contribution in [1.82, 2.24) is 4.89 Å². The van der Waals surface area contributed by atoms with Crippen LogP contribution in [0.4, 0.5) is 0 Å². The summed E-state index contributed by atoms with van der Waals surface area (Å²) in [5, 5.41) is 0. The molecule has 7 heteroatoms. The highest BCUT2D eigenvalue weighted by Crippen LogP contribution is 2.27. The highest BCUT2D eigenvalue weighted by Gasteiger charge is 2.20. The molecule has 5 nitrogen and oxygen atoms in total. The lowest BCUT2D eigenvalue weighted by molar-refractivity contribution is 0.105. The van der Waals surface area contributed by atoms with Crippen LogP contribution in [0.1, 0.15) is 13.8 Å². The Kier molecular flexibility index (Phi) is 5.38. The van der Waals surface area contributed by atoms with Crippen LogP contribution in [0.15, 0.2) is 27.6 Å². The second kappa shape index (κ2) is 6.34. The summed E-state index contributed by atoms with van der Waals surface area (Å²) in [5.74, 6) is 0.294. The van der Waals surface area contributed by atoms with Gasteiger partial charge in [0, 0.05) is 4.47 Å². The van der Waals surface area contributed by atoms with Gasteiger partial charge in [-0.1, -0.05) is 20.8 Å². The van der Waals surface area contributed by atoms with Crippen molar-refractivity contribution in [2.75, 3.05) is 13.2 Å². The molecule has 17 heavy (non-hydrogen) atoms. The molecule has 1 aromatic rings. The molecule has 0 unspecified atom stereocenters. The minimum Gasteiger partial charge on any atom is -0.492 e. The Morgan fingerprint density at radius 2 is 2.00 bits per heavy atom. The topological polar surface area (TPSA) is 64.6 Å². The Morgan fingerprint density at radius 3 is 2.59 bits per heavy atom. The molecule has 0 radical (unpaired) electrons. The summed E-state index contributed by atoms with van der Waals surface area (Å²) in [6, 6.07) is 4.77. The van der Waals surface area contributed by atoms with E-state index in [0.29, 0.717) is 16.8 Å². The van der Waals surface area contributed by atoms with E-state index in [2.05, 4.69) is 15.9 Å². The SMILES string of the molecule is CCONS(=O)(=O)c1cc(Br)ccc1OCC. The van der Waals surface area contributed by atoms with Crippen molar-refractivity contribution in [3.05, 3.63) is 22.7 Å². The van der Waals surface area contributed by atoms with Crippen LogP contribution in [0, 0.1) is 0 Å². The van der Waals surface area contributed by atoms with Crippen molar-refractivity contribution < 1.29 is 18.0 Å². The van der Waals surface area contributed by atoms with E-state index >= 15 is 0 Å². The van der Waals surface area contributed by atoms with Gasteiger partial charge in [-0.05, 0) is 32.0 Å². The van der Waals surface area contributed by atoms with E-state index in [9.17, 15) is 8.42 Å². The van der Waals surface area contributed by atoms with Gasteiger partial charge in [-0.25, -0.2) is 8.42 Å². The molecule has 0 aliphatic carbocycles. The van der Waals surface area contributed by atoms with Crippen molar-refractivity contribution in [2.45, 2.75) is 18.7 Å². The van der Waals surface area contributed by atoms with Crippen molar-refractivity contribution in [3.63, 3.8) is 0 Å². The molecule has 0 saturated carbocycles. The maximum absolute atomic E-state index is 11.9. The fourth-order valence-corrected chi connectivity index (χ4v) is 2.70. The zero-order valence-corrected chi connectivity index (χ0v) is 12.0. The maximum atomic E-state index is 11.9. The summed E-state index contributed by atoms with van der Waals surface area (Å²) < 4.78 is 29.7. The summed E-state index contributed by atoms with van der Waals surface area (Å²) in [6.45, 7) is 4.11. The number of benzene rings is 1. The fraction of sp³-hybridized carbons (Fsp3) is 0.400. The summed E-state index contributed by atoms with van der Waals surface area (Å²) in [5.41, 5.74) is 0. The molecule has 0 bridgehead atoms. The van der Waals surface area contributed by atoms with Gasteiger partial charge >= 0.3 is 0 Å². The van der Waals surface area contributed by atoms with Crippen LogP contribution in [0.3, 0.4) is 0 Å². The summed E-state index contributed by atoms with van der Waals surface area (Å²) in [7, 11) is -3.72. The first kappa shape index (κ1) is 14.4. The largest absolute Gasteiger partial charge is 0.492 e. The van der Waals surface area contributed by atoms with E-state index in [1.165, 1.54) is 6.07 Å². The smallest absolute Gasteiger partial charge is 0.266 e. The van der Waals surface area contributed by atoms with Crippen molar-refractivity contribution in [1.29, 1.82) is 0 Å². The van der Waals surface area contributed by atoms with E-state index in [1.807, 2.05) is 4.89 Å². The summed E-state index contributed by atoms with van der Waals surface area (Å²) in [6.07, 6.45) is 0. The van der Waals surface area contributed by atoms with Crippen LogP contribution in [0.25, 0.3) is 0 Å². The van der Waals surface area contributed by atoms with Crippen LogP contribution >= 0.6 is 15.9 Å². The van der Waals surface area contributed by atoms with Gasteiger partial charge < -0.3 is 4.74 Å². The standard InChI is InChI=1S/C10H14BrNO4S/c1-3-15-9-6-5-8(11)7-10(9)17(13,14)12-16-4-2/h5-7,12H,3-4H2,1-2H3. The van der Waals surface area contributed by atoms with E-state index in [4.69, 9.17) is 9.57 Å². The molecule has 0 saturated heterocycles. The zero-order chi connectivity index (χ0) is 12.9. The number of sulfonamides is 1. The van der Waals surface area contributed by atoms with Gasteiger partial charge in [0.25, 0.3) is 10.0 Å². The van der Waals surface area contributed by atoms with Gasteiger partial charge in [0.2, 0.25) is 0 Å². The average Bonchev–Trinajstić information content (AvgIpc) is 2.29.